The van der Waals surface area contributed by atoms with Crippen LogP contribution in [0.15, 0.2) is 72.8 Å². The maximum atomic E-state index is 11.2. The van der Waals surface area contributed by atoms with Crippen molar-refractivity contribution in [3.05, 3.63) is 94.1 Å². The number of non-ortho nitro benzene ring substituents is 1. The molecule has 128 valence electrons. The minimum Gasteiger partial charge on any atom is -0.377 e. The molecule has 1 heterocycles. The molecule has 0 radical (unpaired) electrons. The molecular formula is C22H18N2O2. The zero-order valence-electron chi connectivity index (χ0n) is 14.1. The highest BCUT2D eigenvalue weighted by Crippen LogP contribution is 2.51. The Kier molecular flexibility index (Phi) is 3.32. The van der Waals surface area contributed by atoms with E-state index >= 15 is 0 Å². The number of nitro benzene ring substituents is 1. The smallest absolute Gasteiger partial charge is 0.269 e. The van der Waals surface area contributed by atoms with Crippen molar-refractivity contribution in [2.45, 2.75) is 18.4 Å². The molecule has 3 aromatic carbocycles. The van der Waals surface area contributed by atoms with E-state index in [0.29, 0.717) is 11.8 Å². The van der Waals surface area contributed by atoms with E-state index in [1.165, 1.54) is 16.3 Å². The lowest BCUT2D eigenvalue weighted by Gasteiger charge is -2.38. The molecule has 0 saturated carbocycles. The largest absolute Gasteiger partial charge is 0.377 e. The number of hydrogen-bond acceptors (Lipinski definition) is 3. The third kappa shape index (κ3) is 2.22. The van der Waals surface area contributed by atoms with Crippen molar-refractivity contribution in [1.82, 2.24) is 0 Å². The van der Waals surface area contributed by atoms with Crippen molar-refractivity contribution >= 4 is 22.1 Å². The van der Waals surface area contributed by atoms with Crippen LogP contribution >= 0.6 is 0 Å². The van der Waals surface area contributed by atoms with E-state index in [2.05, 4.69) is 47.8 Å². The molecule has 0 aromatic heterocycles. The maximum Gasteiger partial charge on any atom is 0.269 e. The van der Waals surface area contributed by atoms with Crippen molar-refractivity contribution < 1.29 is 4.92 Å². The Balaban J connectivity index is 1.67. The van der Waals surface area contributed by atoms with Crippen LogP contribution < -0.4 is 5.32 Å². The zero-order valence-corrected chi connectivity index (χ0v) is 14.1. The number of nitro groups is 1. The van der Waals surface area contributed by atoms with Crippen LogP contribution in [0.4, 0.5) is 11.4 Å². The van der Waals surface area contributed by atoms with Crippen LogP contribution in [0.5, 0.6) is 0 Å². The van der Waals surface area contributed by atoms with E-state index < -0.39 is 0 Å². The van der Waals surface area contributed by atoms with E-state index in [-0.39, 0.29) is 16.7 Å². The number of nitrogens with zero attached hydrogens (tertiary/aromatic N) is 1. The van der Waals surface area contributed by atoms with E-state index in [0.717, 1.165) is 17.7 Å². The molecule has 0 spiro atoms. The van der Waals surface area contributed by atoms with Gasteiger partial charge in [0.05, 0.1) is 11.0 Å². The van der Waals surface area contributed by atoms with Crippen molar-refractivity contribution in [3.63, 3.8) is 0 Å². The number of rotatable bonds is 2. The molecule has 3 unspecified atom stereocenters. The summed E-state index contributed by atoms with van der Waals surface area (Å²) in [6.45, 7) is 0. The molecule has 5 rings (SSSR count). The number of hydrogen-bond donors (Lipinski definition) is 1. The van der Waals surface area contributed by atoms with Gasteiger partial charge in [-0.05, 0) is 28.9 Å². The van der Waals surface area contributed by atoms with Gasteiger partial charge in [0.1, 0.15) is 0 Å². The highest BCUT2D eigenvalue weighted by Gasteiger charge is 2.38. The Morgan fingerprint density at radius 2 is 1.92 bits per heavy atom. The second-order valence-electron chi connectivity index (χ2n) is 7.08. The standard InChI is InChI=1S/C22H18N2O2/c25-24(26)16-7-3-6-15(13-16)21-19-10-4-9-18(19)20-12-11-14-5-1-2-8-17(14)22(20)23-21/h1-9,11-13,18-19,21,23H,10H2. The fourth-order valence-corrected chi connectivity index (χ4v) is 4.50. The van der Waals surface area contributed by atoms with Crippen molar-refractivity contribution in [3.8, 4) is 0 Å². The Morgan fingerprint density at radius 3 is 2.81 bits per heavy atom. The fraction of sp³-hybridized carbons (Fsp3) is 0.182. The summed E-state index contributed by atoms with van der Waals surface area (Å²) >= 11 is 0. The molecule has 4 heteroatoms. The van der Waals surface area contributed by atoms with Crippen LogP contribution in [0.25, 0.3) is 10.8 Å². The van der Waals surface area contributed by atoms with Gasteiger partial charge in [0.2, 0.25) is 0 Å². The number of benzene rings is 3. The summed E-state index contributed by atoms with van der Waals surface area (Å²) < 4.78 is 0. The Morgan fingerprint density at radius 1 is 1.04 bits per heavy atom. The lowest BCUT2D eigenvalue weighted by molar-refractivity contribution is -0.384. The van der Waals surface area contributed by atoms with Gasteiger partial charge in [-0.15, -0.1) is 0 Å². The molecule has 0 bridgehead atoms. The van der Waals surface area contributed by atoms with Crippen molar-refractivity contribution in [2.75, 3.05) is 5.32 Å². The Hall–Kier alpha value is -3.14. The average Bonchev–Trinajstić information content (AvgIpc) is 3.17. The predicted molar refractivity (Wildman–Crippen MR) is 103 cm³/mol. The van der Waals surface area contributed by atoms with Crippen molar-refractivity contribution in [2.24, 2.45) is 5.92 Å². The Bertz CT molecular complexity index is 1060. The van der Waals surface area contributed by atoms with Gasteiger partial charge in [-0.2, -0.15) is 0 Å². The number of fused-ring (bicyclic) bond motifs is 5. The van der Waals surface area contributed by atoms with Gasteiger partial charge in [-0.25, -0.2) is 0 Å². The van der Waals surface area contributed by atoms with E-state index in [4.69, 9.17) is 0 Å². The van der Waals surface area contributed by atoms with Crippen LogP contribution in [0.2, 0.25) is 0 Å². The van der Waals surface area contributed by atoms with Crippen LogP contribution in [-0.4, -0.2) is 4.92 Å². The van der Waals surface area contributed by atoms with Gasteiger partial charge >= 0.3 is 0 Å². The first kappa shape index (κ1) is 15.1. The first-order valence-corrected chi connectivity index (χ1v) is 8.91. The molecule has 0 saturated heterocycles. The van der Waals surface area contributed by atoms with Gasteiger partial charge < -0.3 is 5.32 Å². The third-order valence-corrected chi connectivity index (χ3v) is 5.70. The van der Waals surface area contributed by atoms with E-state index in [9.17, 15) is 10.1 Å². The summed E-state index contributed by atoms with van der Waals surface area (Å²) in [5.74, 6) is 0.728. The van der Waals surface area contributed by atoms with Crippen LogP contribution in [0.1, 0.15) is 29.5 Å². The zero-order chi connectivity index (χ0) is 17.7. The van der Waals surface area contributed by atoms with Gasteiger partial charge in [0, 0.05) is 29.1 Å². The fourth-order valence-electron chi connectivity index (χ4n) is 4.50. The molecule has 2 aliphatic rings. The summed E-state index contributed by atoms with van der Waals surface area (Å²) in [6.07, 6.45) is 5.52. The number of nitrogens with one attached hydrogen (secondary N) is 1. The van der Waals surface area contributed by atoms with E-state index in [1.807, 2.05) is 12.1 Å². The SMILES string of the molecule is O=[N+]([O-])c1cccc(C2Nc3c(ccc4ccccc34)C3C=CCC32)c1. The second-order valence-corrected chi connectivity index (χ2v) is 7.08. The molecular weight excluding hydrogens is 324 g/mol. The van der Waals surface area contributed by atoms with Crippen molar-refractivity contribution in [1.29, 1.82) is 0 Å². The minimum atomic E-state index is -0.319. The van der Waals surface area contributed by atoms with Crippen LogP contribution in [0, 0.1) is 16.0 Å². The van der Waals surface area contributed by atoms with Gasteiger partial charge in [-0.1, -0.05) is 60.7 Å². The summed E-state index contributed by atoms with van der Waals surface area (Å²) in [7, 11) is 0. The topological polar surface area (TPSA) is 55.2 Å². The normalized spacial score (nSPS) is 23.3. The lowest BCUT2D eigenvalue weighted by atomic mass is 9.76. The molecule has 3 atom stereocenters. The molecule has 1 aliphatic carbocycles. The van der Waals surface area contributed by atoms with Crippen LogP contribution in [0.3, 0.4) is 0 Å². The molecule has 4 nitrogen and oxygen atoms in total. The first-order chi connectivity index (χ1) is 12.7. The molecule has 1 aliphatic heterocycles. The average molecular weight is 342 g/mol. The van der Waals surface area contributed by atoms with Gasteiger partial charge in [0.25, 0.3) is 5.69 Å². The molecule has 26 heavy (non-hydrogen) atoms. The highest BCUT2D eigenvalue weighted by molar-refractivity contribution is 5.96. The quantitative estimate of drug-likeness (QED) is 0.376. The second kappa shape index (κ2) is 5.70. The first-order valence-electron chi connectivity index (χ1n) is 8.91. The summed E-state index contributed by atoms with van der Waals surface area (Å²) in [5, 5.41) is 17.4. The Labute approximate surface area is 151 Å². The molecule has 1 N–H and O–H groups in total. The summed E-state index contributed by atoms with van der Waals surface area (Å²) in [5.41, 5.74) is 3.61. The highest BCUT2D eigenvalue weighted by atomic mass is 16.6. The minimum absolute atomic E-state index is 0.0632. The third-order valence-electron chi connectivity index (χ3n) is 5.70. The predicted octanol–water partition coefficient (Wildman–Crippen LogP) is 5.57. The lowest BCUT2D eigenvalue weighted by Crippen LogP contribution is -2.29. The molecule has 3 aromatic rings. The van der Waals surface area contributed by atoms with E-state index in [1.54, 1.807) is 18.2 Å². The van der Waals surface area contributed by atoms with Crippen LogP contribution in [-0.2, 0) is 0 Å². The summed E-state index contributed by atoms with van der Waals surface area (Å²) in [6, 6.07) is 19.9. The maximum absolute atomic E-state index is 11.2. The molecule has 0 amide bonds. The summed E-state index contributed by atoms with van der Waals surface area (Å²) in [4.78, 5) is 10.9. The van der Waals surface area contributed by atoms with Gasteiger partial charge in [0.15, 0.2) is 0 Å². The van der Waals surface area contributed by atoms with Gasteiger partial charge in [-0.3, -0.25) is 10.1 Å². The molecule has 0 fully saturated rings. The monoisotopic (exact) mass is 342 g/mol. The number of anilines is 1. The number of allylic oxidation sites excluding steroid dienone is 2.